The van der Waals surface area contributed by atoms with Crippen molar-refractivity contribution in [1.29, 1.82) is 0 Å². The molecule has 4 heterocycles. The summed E-state index contributed by atoms with van der Waals surface area (Å²) in [5.41, 5.74) is -1.34. The molecule has 0 unspecified atom stereocenters. The fraction of sp³-hybridized carbons (Fsp3) is 0.250. The highest BCUT2D eigenvalue weighted by atomic mass is 32.2. The van der Waals surface area contributed by atoms with Crippen LogP contribution in [-0.2, 0) is 47.1 Å². The van der Waals surface area contributed by atoms with Crippen LogP contribution in [0.25, 0.3) is 11.0 Å². The molecule has 0 radical (unpaired) electrons. The van der Waals surface area contributed by atoms with Crippen molar-refractivity contribution < 1.29 is 56.9 Å². The van der Waals surface area contributed by atoms with E-state index in [4.69, 9.17) is 21.7 Å². The van der Waals surface area contributed by atoms with Gasteiger partial charge in [-0.05, 0) is 18.6 Å². The van der Waals surface area contributed by atoms with Crippen molar-refractivity contribution in [2.45, 2.75) is 19.5 Å². The third-order valence-corrected chi connectivity index (χ3v) is 11.8. The minimum atomic E-state index is -4.29. The molecular formula is C28H24N4O14S5. The number of carboxylic acids is 3. The van der Waals surface area contributed by atoms with Gasteiger partial charge in [-0.2, -0.15) is 8.42 Å². The van der Waals surface area contributed by atoms with Crippen molar-refractivity contribution in [3.63, 3.8) is 0 Å². The Hall–Kier alpha value is -4.81. The summed E-state index contributed by atoms with van der Waals surface area (Å²) in [6.07, 6.45) is 1.19. The number of thiocarbonyl (C=S) groups is 1. The predicted molar refractivity (Wildman–Crippen MR) is 186 cm³/mol. The second kappa shape index (κ2) is 14.8. The fourth-order valence-electron chi connectivity index (χ4n) is 4.93. The number of aromatic nitrogens is 2. The maximum absolute atomic E-state index is 13.8. The number of thioether (sulfide) groups is 1. The van der Waals surface area contributed by atoms with Crippen LogP contribution in [0.1, 0.15) is 6.42 Å². The number of anilines is 1. The van der Waals surface area contributed by atoms with Crippen molar-refractivity contribution in [2.24, 2.45) is 0 Å². The summed E-state index contributed by atoms with van der Waals surface area (Å²) in [7, 11) is -3.03. The molecule has 5 rings (SSSR count). The number of thiazole rings is 2. The Bertz CT molecular complexity index is 2500. The first-order valence-electron chi connectivity index (χ1n) is 14.2. The third-order valence-electron chi connectivity index (χ3n) is 6.99. The second-order valence-electron chi connectivity index (χ2n) is 10.4. The highest BCUT2D eigenvalue weighted by molar-refractivity contribution is 8.30. The number of allylic oxidation sites excluding steroid dienone is 1. The highest BCUT2D eigenvalue weighted by Crippen LogP contribution is 2.40. The molecule has 2 aliphatic heterocycles. The van der Waals surface area contributed by atoms with Crippen LogP contribution in [0.3, 0.4) is 0 Å². The summed E-state index contributed by atoms with van der Waals surface area (Å²) in [5.74, 6) is -5.42. The van der Waals surface area contributed by atoms with E-state index in [1.165, 1.54) is 13.2 Å². The predicted octanol–water partition coefficient (Wildman–Crippen LogP) is -0.585. The fourth-order valence-corrected chi connectivity index (χ4v) is 9.19. The summed E-state index contributed by atoms with van der Waals surface area (Å²) in [5, 5.41) is 28.5. The van der Waals surface area contributed by atoms with Gasteiger partial charge in [0.15, 0.2) is 11.5 Å². The van der Waals surface area contributed by atoms with Gasteiger partial charge in [-0.1, -0.05) is 36.1 Å². The van der Waals surface area contributed by atoms with Gasteiger partial charge in [0.2, 0.25) is 5.88 Å². The van der Waals surface area contributed by atoms with E-state index < -0.39 is 70.4 Å². The molecule has 1 aromatic carbocycles. The molecule has 18 nitrogen and oxygen atoms in total. The first-order chi connectivity index (χ1) is 24.0. The van der Waals surface area contributed by atoms with Crippen LogP contribution in [0.5, 0.6) is 5.75 Å². The topological polar surface area (TPSA) is 252 Å². The lowest BCUT2D eigenvalue weighted by Crippen LogP contribution is -2.35. The number of hydrogen-bond acceptors (Lipinski definition) is 15. The number of amides is 1. The van der Waals surface area contributed by atoms with Crippen molar-refractivity contribution >= 4 is 102 Å². The van der Waals surface area contributed by atoms with Gasteiger partial charge in [-0.15, -0.1) is 22.7 Å². The molecule has 23 heteroatoms. The molecule has 2 aliphatic rings. The van der Waals surface area contributed by atoms with E-state index in [1.807, 2.05) is 0 Å². The van der Waals surface area contributed by atoms with Gasteiger partial charge >= 0.3 is 17.9 Å². The number of ether oxygens (including phenoxy) is 2. The molecule has 3 aromatic rings. The lowest BCUT2D eigenvalue weighted by molar-refractivity contribution is -0.140. The lowest BCUT2D eigenvalue weighted by atomic mass is 10.2. The molecule has 0 spiro atoms. The van der Waals surface area contributed by atoms with Crippen LogP contribution >= 0.6 is 46.7 Å². The molecule has 1 saturated heterocycles. The zero-order valence-corrected chi connectivity index (χ0v) is 29.9. The monoisotopic (exact) mass is 800 g/mol. The number of aliphatic carboxylic acids is 3. The molecular weight excluding hydrogens is 777 g/mol. The Kier molecular flexibility index (Phi) is 10.9. The summed E-state index contributed by atoms with van der Waals surface area (Å²) >= 11 is 7.05. The average Bonchev–Trinajstić information content (AvgIpc) is 3.73. The number of benzene rings is 1. The van der Waals surface area contributed by atoms with E-state index in [2.05, 4.69) is 0 Å². The van der Waals surface area contributed by atoms with Crippen molar-refractivity contribution in [2.75, 3.05) is 30.9 Å². The number of hydrogen-bond donors (Lipinski definition) is 4. The maximum atomic E-state index is 13.8. The van der Waals surface area contributed by atoms with Crippen molar-refractivity contribution in [3.8, 4) is 5.75 Å². The molecule has 0 bridgehead atoms. The van der Waals surface area contributed by atoms with Crippen molar-refractivity contribution in [3.05, 3.63) is 75.0 Å². The second-order valence-corrected chi connectivity index (χ2v) is 15.7. The van der Waals surface area contributed by atoms with Gasteiger partial charge in [0, 0.05) is 12.6 Å². The zero-order valence-electron chi connectivity index (χ0n) is 25.8. The number of carbonyl (C=O) groups excluding carboxylic acids is 1. The van der Waals surface area contributed by atoms with E-state index in [0.29, 0.717) is 45.9 Å². The number of rotatable bonds is 12. The number of carbonyl (C=O) groups is 4. The van der Waals surface area contributed by atoms with Gasteiger partial charge in [-0.3, -0.25) is 47.4 Å². The highest BCUT2D eigenvalue weighted by Gasteiger charge is 2.36. The quantitative estimate of drug-likeness (QED) is 0.102. The van der Waals surface area contributed by atoms with Crippen LogP contribution in [0.4, 0.5) is 5.69 Å². The van der Waals surface area contributed by atoms with Crippen molar-refractivity contribution in [1.82, 2.24) is 14.0 Å². The van der Waals surface area contributed by atoms with Crippen LogP contribution < -0.4 is 30.0 Å². The minimum Gasteiger partial charge on any atom is -0.491 e. The third kappa shape index (κ3) is 7.92. The van der Waals surface area contributed by atoms with Gasteiger partial charge < -0.3 is 29.7 Å². The standard InChI is InChI=1S/C28H24N4O14S5/c1-45-15(25-29(7-4-8-51(42,43)44)13-5-2-3-6-14(13)46-25)9-16-22(39)30(10-17(33)34)26(48-16)20-23(40)31(11-18(35)36)27(49-20)21-24(41)32(12-19(37)38)28(47)50-21/h2-3,5-6,9H,4,7-8,10-12H2,1H3,(H,33,34)(H,35,36)(H,37,38)(H,42,43,44)/b16-9-,25-15-,26-20+,27-21+. The zero-order chi connectivity index (χ0) is 37.4. The maximum Gasteiger partial charge on any atom is 0.323 e. The van der Waals surface area contributed by atoms with Crippen LogP contribution in [0.15, 0.2) is 45.5 Å². The van der Waals surface area contributed by atoms with Crippen LogP contribution in [0, 0.1) is 9.20 Å². The largest absolute Gasteiger partial charge is 0.491 e. The number of nitrogens with zero attached hydrogens (tertiary/aromatic N) is 4. The average molecular weight is 801 g/mol. The normalized spacial score (nSPS) is 17.5. The molecule has 1 fully saturated rings. The van der Waals surface area contributed by atoms with Crippen LogP contribution in [0.2, 0.25) is 0 Å². The minimum absolute atomic E-state index is 0.0236. The Morgan fingerprint density at radius 3 is 2.16 bits per heavy atom. The first kappa shape index (κ1) is 37.4. The summed E-state index contributed by atoms with van der Waals surface area (Å²) in [6.45, 7) is -2.63. The molecule has 270 valence electrons. The van der Waals surface area contributed by atoms with E-state index in [0.717, 1.165) is 14.0 Å². The Labute approximate surface area is 302 Å². The Balaban J connectivity index is 1.78. The van der Waals surface area contributed by atoms with Gasteiger partial charge in [0.05, 0.1) is 23.1 Å². The smallest absolute Gasteiger partial charge is 0.323 e. The molecule has 51 heavy (non-hydrogen) atoms. The van der Waals surface area contributed by atoms with Gasteiger partial charge in [0.1, 0.15) is 42.7 Å². The summed E-state index contributed by atoms with van der Waals surface area (Å²) in [4.78, 5) is 77.7. The number of methoxy groups -OCH3 is 1. The Morgan fingerprint density at radius 1 is 0.922 bits per heavy atom. The lowest BCUT2D eigenvalue weighted by Gasteiger charge is -2.19. The molecule has 4 N–H and O–H groups in total. The summed E-state index contributed by atoms with van der Waals surface area (Å²) < 4.78 is 44.0. The van der Waals surface area contributed by atoms with Gasteiger partial charge in [0.25, 0.3) is 27.1 Å². The molecule has 0 aliphatic carbocycles. The van der Waals surface area contributed by atoms with Crippen LogP contribution in [-0.4, -0.2) is 96.4 Å². The first-order valence-corrected chi connectivity index (χ1v) is 18.6. The van der Waals surface area contributed by atoms with E-state index in [1.54, 1.807) is 29.2 Å². The number of carboxylic acid groups (broad SMARTS) is 3. The molecule has 2 aromatic heterocycles. The van der Waals surface area contributed by atoms with E-state index in [-0.39, 0.29) is 52.2 Å². The summed E-state index contributed by atoms with van der Waals surface area (Å²) in [6, 6.07) is 6.70. The van der Waals surface area contributed by atoms with Gasteiger partial charge in [-0.25, -0.2) is 0 Å². The number of para-hydroxylation sites is 2. The SMILES string of the molecule is COC(/C=c1\s/c(=c2/s/c(=C3/SC(=S)N(CC(=O)O)C3=O)n(CC(=O)O)c2=O)n(CC(=O)O)c1=O)=C1\Oc2ccccc2N1CCCS(=O)(=O)O. The number of fused-ring (bicyclic) bond motifs is 1. The van der Waals surface area contributed by atoms with E-state index >= 15 is 0 Å². The molecule has 0 atom stereocenters. The Morgan fingerprint density at radius 2 is 1.55 bits per heavy atom. The molecule has 0 saturated carbocycles. The molecule has 1 amide bonds. The van der Waals surface area contributed by atoms with E-state index in [9.17, 15) is 57.1 Å².